The second kappa shape index (κ2) is 6.49. The average molecular weight is 316 g/mol. The van der Waals surface area contributed by atoms with Crippen molar-refractivity contribution in [3.05, 3.63) is 46.6 Å². The van der Waals surface area contributed by atoms with Gasteiger partial charge in [0.15, 0.2) is 0 Å². The van der Waals surface area contributed by atoms with Crippen LogP contribution >= 0.6 is 0 Å². The number of allylic oxidation sites excluding steroid dienone is 3. The van der Waals surface area contributed by atoms with E-state index in [0.717, 1.165) is 18.4 Å². The Morgan fingerprint density at radius 2 is 2.00 bits per heavy atom. The fourth-order valence-corrected chi connectivity index (χ4v) is 3.51. The normalized spacial score (nSPS) is 20.9. The van der Waals surface area contributed by atoms with Gasteiger partial charge in [-0.1, -0.05) is 23.8 Å². The van der Waals surface area contributed by atoms with Gasteiger partial charge >= 0.3 is 5.97 Å². The summed E-state index contributed by atoms with van der Waals surface area (Å²) in [6, 6.07) is 1.41. The Labute approximate surface area is 136 Å². The molecule has 0 fully saturated rings. The van der Waals surface area contributed by atoms with E-state index in [1.807, 2.05) is 6.92 Å². The van der Waals surface area contributed by atoms with Gasteiger partial charge in [0.05, 0.1) is 0 Å². The van der Waals surface area contributed by atoms with Gasteiger partial charge < -0.3 is 15.3 Å². The minimum absolute atomic E-state index is 0.0536. The monoisotopic (exact) mass is 316 g/mol. The number of phenols is 2. The summed E-state index contributed by atoms with van der Waals surface area (Å²) in [6.45, 7) is 9.67. The molecule has 2 atom stereocenters. The minimum Gasteiger partial charge on any atom is -0.508 e. The van der Waals surface area contributed by atoms with E-state index in [1.54, 1.807) is 6.92 Å². The topological polar surface area (TPSA) is 77.8 Å². The lowest BCUT2D eigenvalue weighted by molar-refractivity contribution is 0.0692. The van der Waals surface area contributed by atoms with Crippen molar-refractivity contribution in [1.29, 1.82) is 0 Å². The van der Waals surface area contributed by atoms with Crippen LogP contribution in [0.2, 0.25) is 0 Å². The zero-order valence-corrected chi connectivity index (χ0v) is 13.9. The number of aromatic carboxylic acids is 1. The van der Waals surface area contributed by atoms with Gasteiger partial charge in [-0.05, 0) is 63.5 Å². The SMILES string of the molecule is C=C(C)C1CCC(C)=CC1Cc1c(O)cc(C)c(C(=O)O)c1O. The molecule has 3 N–H and O–H groups in total. The maximum Gasteiger partial charge on any atom is 0.339 e. The van der Waals surface area contributed by atoms with Gasteiger partial charge in [-0.2, -0.15) is 0 Å². The molecule has 1 aromatic carbocycles. The number of carboxylic acids is 1. The number of carboxylic acid groups (broad SMARTS) is 1. The number of aromatic hydroxyl groups is 2. The highest BCUT2D eigenvalue weighted by Gasteiger charge is 2.28. The molecule has 2 rings (SSSR count). The number of hydrogen-bond donors (Lipinski definition) is 3. The molecule has 0 bridgehead atoms. The maximum absolute atomic E-state index is 11.4. The zero-order chi connectivity index (χ0) is 17.3. The average Bonchev–Trinajstić information content (AvgIpc) is 2.42. The molecule has 4 nitrogen and oxygen atoms in total. The van der Waals surface area contributed by atoms with Gasteiger partial charge in [0.25, 0.3) is 0 Å². The third kappa shape index (κ3) is 3.41. The number of phenolic OH excluding ortho intramolecular Hbond substituents is 1. The van der Waals surface area contributed by atoms with Crippen LogP contribution in [0.15, 0.2) is 29.9 Å². The molecule has 0 amide bonds. The zero-order valence-electron chi connectivity index (χ0n) is 13.9. The van der Waals surface area contributed by atoms with Gasteiger partial charge in [-0.25, -0.2) is 4.79 Å². The number of benzene rings is 1. The summed E-state index contributed by atoms with van der Waals surface area (Å²) in [4.78, 5) is 11.4. The fraction of sp³-hybridized carbons (Fsp3) is 0.421. The second-order valence-electron chi connectivity index (χ2n) is 6.59. The molecule has 0 spiro atoms. The Balaban J connectivity index is 2.46. The predicted molar refractivity (Wildman–Crippen MR) is 90.0 cm³/mol. The van der Waals surface area contributed by atoms with Crippen LogP contribution in [0.25, 0.3) is 0 Å². The number of aryl methyl sites for hydroxylation is 1. The van der Waals surface area contributed by atoms with E-state index in [4.69, 9.17) is 0 Å². The van der Waals surface area contributed by atoms with Crippen LogP contribution in [0.4, 0.5) is 0 Å². The first kappa shape index (κ1) is 17.1. The van der Waals surface area contributed by atoms with E-state index in [9.17, 15) is 20.1 Å². The van der Waals surface area contributed by atoms with Gasteiger partial charge in [-0.3, -0.25) is 0 Å². The molecular formula is C19H24O4. The van der Waals surface area contributed by atoms with Crippen LogP contribution in [0.5, 0.6) is 11.5 Å². The van der Waals surface area contributed by atoms with E-state index in [2.05, 4.69) is 19.6 Å². The summed E-state index contributed by atoms with van der Waals surface area (Å²) in [6.07, 6.45) is 4.55. The van der Waals surface area contributed by atoms with Crippen molar-refractivity contribution in [3.8, 4) is 11.5 Å². The Hall–Kier alpha value is -2.23. The quantitative estimate of drug-likeness (QED) is 0.728. The van der Waals surface area contributed by atoms with Crippen molar-refractivity contribution in [3.63, 3.8) is 0 Å². The van der Waals surface area contributed by atoms with Crippen LogP contribution in [0, 0.1) is 18.8 Å². The highest BCUT2D eigenvalue weighted by Crippen LogP contribution is 2.40. The molecule has 0 heterocycles. The lowest BCUT2D eigenvalue weighted by Crippen LogP contribution is -2.21. The molecule has 2 unspecified atom stereocenters. The summed E-state index contributed by atoms with van der Waals surface area (Å²) in [7, 11) is 0. The Morgan fingerprint density at radius 1 is 1.35 bits per heavy atom. The minimum atomic E-state index is -1.19. The standard InChI is InChI=1S/C19H24O4/c1-10(2)14-6-5-11(3)7-13(14)9-15-16(20)8-12(4)17(18(15)21)19(22)23/h7-8,13-14,20-21H,1,5-6,9H2,2-4H3,(H,22,23). The molecular weight excluding hydrogens is 292 g/mol. The van der Waals surface area contributed by atoms with Crippen molar-refractivity contribution in [2.75, 3.05) is 0 Å². The van der Waals surface area contributed by atoms with Crippen molar-refractivity contribution >= 4 is 5.97 Å². The van der Waals surface area contributed by atoms with E-state index in [0.29, 0.717) is 17.5 Å². The van der Waals surface area contributed by atoms with Gasteiger partial charge in [0.1, 0.15) is 17.1 Å². The maximum atomic E-state index is 11.4. The summed E-state index contributed by atoms with van der Waals surface area (Å²) in [5.41, 5.74) is 2.86. The Kier molecular flexibility index (Phi) is 4.83. The van der Waals surface area contributed by atoms with Crippen LogP contribution in [0.1, 0.15) is 48.2 Å². The summed E-state index contributed by atoms with van der Waals surface area (Å²) in [5.74, 6) is -1.20. The molecule has 0 saturated heterocycles. The smallest absolute Gasteiger partial charge is 0.339 e. The fourth-order valence-electron chi connectivity index (χ4n) is 3.51. The molecule has 1 aliphatic rings. The van der Waals surface area contributed by atoms with Crippen molar-refractivity contribution < 1.29 is 20.1 Å². The summed E-state index contributed by atoms with van der Waals surface area (Å²) >= 11 is 0. The summed E-state index contributed by atoms with van der Waals surface area (Å²) in [5, 5.41) is 29.8. The number of rotatable bonds is 4. The highest BCUT2D eigenvalue weighted by atomic mass is 16.4. The molecule has 0 aliphatic heterocycles. The largest absolute Gasteiger partial charge is 0.508 e. The molecule has 0 aromatic heterocycles. The predicted octanol–water partition coefficient (Wildman–Crippen LogP) is 4.20. The number of carbonyl (C=O) groups is 1. The van der Waals surface area contributed by atoms with Crippen LogP contribution in [0.3, 0.4) is 0 Å². The van der Waals surface area contributed by atoms with Gasteiger partial charge in [0, 0.05) is 5.56 Å². The van der Waals surface area contributed by atoms with E-state index < -0.39 is 5.97 Å². The lowest BCUT2D eigenvalue weighted by atomic mass is 9.74. The van der Waals surface area contributed by atoms with Crippen LogP contribution in [-0.4, -0.2) is 21.3 Å². The summed E-state index contributed by atoms with van der Waals surface area (Å²) < 4.78 is 0. The molecule has 124 valence electrons. The van der Waals surface area contributed by atoms with E-state index in [1.165, 1.54) is 11.6 Å². The van der Waals surface area contributed by atoms with Crippen molar-refractivity contribution in [1.82, 2.24) is 0 Å². The molecule has 0 radical (unpaired) electrons. The van der Waals surface area contributed by atoms with Gasteiger partial charge in [0.2, 0.25) is 0 Å². The molecule has 4 heteroatoms. The third-order valence-corrected chi connectivity index (χ3v) is 4.73. The molecule has 0 saturated carbocycles. The molecule has 23 heavy (non-hydrogen) atoms. The van der Waals surface area contributed by atoms with Crippen molar-refractivity contribution in [2.45, 2.75) is 40.0 Å². The van der Waals surface area contributed by atoms with Crippen molar-refractivity contribution in [2.24, 2.45) is 11.8 Å². The first-order valence-electron chi connectivity index (χ1n) is 7.82. The molecule has 1 aromatic rings. The van der Waals surface area contributed by atoms with Crippen LogP contribution in [-0.2, 0) is 6.42 Å². The van der Waals surface area contributed by atoms with Crippen LogP contribution < -0.4 is 0 Å². The van der Waals surface area contributed by atoms with E-state index >= 15 is 0 Å². The Bertz CT molecular complexity index is 685. The van der Waals surface area contributed by atoms with Gasteiger partial charge in [-0.15, -0.1) is 0 Å². The lowest BCUT2D eigenvalue weighted by Gasteiger charge is -2.30. The molecule has 1 aliphatic carbocycles. The van der Waals surface area contributed by atoms with E-state index in [-0.39, 0.29) is 28.9 Å². The first-order chi connectivity index (χ1) is 10.7. The second-order valence-corrected chi connectivity index (χ2v) is 6.59. The first-order valence-corrected chi connectivity index (χ1v) is 7.82. The Morgan fingerprint density at radius 3 is 2.57 bits per heavy atom. The highest BCUT2D eigenvalue weighted by molar-refractivity contribution is 5.93. The third-order valence-electron chi connectivity index (χ3n) is 4.73. The number of hydrogen-bond acceptors (Lipinski definition) is 3.